The molecule has 3 N–H and O–H groups in total. The first-order valence-corrected chi connectivity index (χ1v) is 7.01. The summed E-state index contributed by atoms with van der Waals surface area (Å²) in [6.45, 7) is 4.05. The largest absolute Gasteiger partial charge is 0.314 e. The molecular formula is C14H21N3S. The first-order chi connectivity index (χ1) is 8.89. The zero-order valence-electron chi connectivity index (χ0n) is 10.5. The second-order valence-corrected chi connectivity index (χ2v) is 4.55. The van der Waals surface area contributed by atoms with E-state index in [2.05, 4.69) is 5.32 Å². The van der Waals surface area contributed by atoms with Crippen molar-refractivity contribution in [2.45, 2.75) is 0 Å². The van der Waals surface area contributed by atoms with Crippen molar-refractivity contribution < 1.29 is 0 Å². The van der Waals surface area contributed by atoms with Crippen LogP contribution in [0.2, 0.25) is 0 Å². The van der Waals surface area contributed by atoms with Gasteiger partial charge in [-0.15, -0.1) is 0 Å². The van der Waals surface area contributed by atoms with E-state index >= 15 is 0 Å². The van der Waals surface area contributed by atoms with Gasteiger partial charge in [0.05, 0.1) is 0 Å². The van der Waals surface area contributed by atoms with Gasteiger partial charge in [-0.1, -0.05) is 48.5 Å². The lowest BCUT2D eigenvalue weighted by Gasteiger charge is -2.21. The molecule has 18 heavy (non-hydrogen) atoms. The molecule has 98 valence electrons. The number of hydrogen-bond acceptors (Lipinski definition) is 4. The van der Waals surface area contributed by atoms with Gasteiger partial charge in [-0.25, -0.2) is 5.01 Å². The fraction of sp³-hybridized carbons (Fsp3) is 0.286. The Labute approximate surface area is 113 Å². The summed E-state index contributed by atoms with van der Waals surface area (Å²) in [6.07, 6.45) is 0. The van der Waals surface area contributed by atoms with Gasteiger partial charge in [-0.2, -0.15) is 11.3 Å². The molecule has 0 unspecified atom stereocenters. The molecular weight excluding hydrogens is 242 g/mol. The Morgan fingerprint density at radius 2 is 1.22 bits per heavy atom. The van der Waals surface area contributed by atoms with Crippen LogP contribution in [0.15, 0.2) is 59.3 Å². The maximum Gasteiger partial charge on any atom is 0.0254 e. The highest BCUT2D eigenvalue weighted by Gasteiger charge is 2.01. The van der Waals surface area contributed by atoms with Crippen molar-refractivity contribution in [2.75, 3.05) is 26.2 Å². The molecule has 3 rings (SSSR count). The third kappa shape index (κ3) is 8.90. The van der Waals surface area contributed by atoms with E-state index in [0.717, 1.165) is 26.2 Å². The Bertz CT molecular complexity index is 301. The lowest BCUT2D eigenvalue weighted by molar-refractivity contribution is 0.248. The highest BCUT2D eigenvalue weighted by Crippen LogP contribution is 1.91. The normalized spacial score (nSPS) is 14.7. The summed E-state index contributed by atoms with van der Waals surface area (Å²) in [7, 11) is 0. The van der Waals surface area contributed by atoms with E-state index < -0.39 is 0 Å². The molecule has 0 spiro atoms. The Morgan fingerprint density at radius 1 is 0.778 bits per heavy atom. The van der Waals surface area contributed by atoms with Crippen LogP contribution >= 0.6 is 11.3 Å². The number of thiophene rings is 1. The number of nitrogens with one attached hydrogen (secondary N) is 1. The average Bonchev–Trinajstić information content (AvgIpc) is 3.01. The number of nitrogens with two attached hydrogens (primary N) is 1. The van der Waals surface area contributed by atoms with Gasteiger partial charge in [0.15, 0.2) is 0 Å². The van der Waals surface area contributed by atoms with Crippen LogP contribution in [-0.2, 0) is 0 Å². The number of rotatable bonds is 0. The molecule has 1 aromatic heterocycles. The van der Waals surface area contributed by atoms with Crippen LogP contribution in [0.1, 0.15) is 0 Å². The Hall–Kier alpha value is -1.20. The van der Waals surface area contributed by atoms with Gasteiger partial charge in [-0.05, 0) is 10.8 Å². The van der Waals surface area contributed by atoms with Crippen molar-refractivity contribution in [3.8, 4) is 0 Å². The van der Waals surface area contributed by atoms with Crippen molar-refractivity contribution in [3.63, 3.8) is 0 Å². The smallest absolute Gasteiger partial charge is 0.0254 e. The molecule has 1 aliphatic heterocycles. The van der Waals surface area contributed by atoms with Gasteiger partial charge in [0, 0.05) is 26.2 Å². The van der Waals surface area contributed by atoms with E-state index in [4.69, 9.17) is 5.84 Å². The predicted octanol–water partition coefficient (Wildman–Crippen LogP) is 2.20. The topological polar surface area (TPSA) is 41.3 Å². The van der Waals surface area contributed by atoms with Crippen molar-refractivity contribution >= 4 is 11.3 Å². The summed E-state index contributed by atoms with van der Waals surface area (Å²) in [4.78, 5) is 0. The molecule has 0 radical (unpaired) electrons. The molecule has 1 saturated heterocycles. The molecule has 2 heterocycles. The summed E-state index contributed by atoms with van der Waals surface area (Å²) < 4.78 is 0. The maximum absolute atomic E-state index is 5.43. The Kier molecular flexibility index (Phi) is 9.02. The number of hydrazine groups is 1. The van der Waals surface area contributed by atoms with Gasteiger partial charge in [0.25, 0.3) is 0 Å². The number of hydrogen-bond donors (Lipinski definition) is 2. The van der Waals surface area contributed by atoms with E-state index in [0.29, 0.717) is 0 Å². The molecule has 4 heteroatoms. The lowest BCUT2D eigenvalue weighted by Crippen LogP contribution is -2.47. The Morgan fingerprint density at radius 3 is 1.44 bits per heavy atom. The summed E-state index contributed by atoms with van der Waals surface area (Å²) in [6, 6.07) is 16.0. The third-order valence-corrected chi connectivity index (χ3v) is 2.87. The number of nitrogens with zero attached hydrogens (tertiary/aromatic N) is 1. The van der Waals surface area contributed by atoms with Crippen LogP contribution in [0.25, 0.3) is 0 Å². The monoisotopic (exact) mass is 263 g/mol. The highest BCUT2D eigenvalue weighted by molar-refractivity contribution is 7.07. The summed E-state index contributed by atoms with van der Waals surface area (Å²) in [5.41, 5.74) is 0. The number of benzene rings is 1. The molecule has 0 bridgehead atoms. The van der Waals surface area contributed by atoms with Crippen LogP contribution in [0.5, 0.6) is 0 Å². The summed E-state index contributed by atoms with van der Waals surface area (Å²) >= 11 is 1.71. The first kappa shape index (κ1) is 14.9. The quantitative estimate of drug-likeness (QED) is 0.716. The summed E-state index contributed by atoms with van der Waals surface area (Å²) in [5.74, 6) is 5.43. The van der Waals surface area contributed by atoms with Gasteiger partial charge < -0.3 is 5.32 Å². The molecule has 3 nitrogen and oxygen atoms in total. The predicted molar refractivity (Wildman–Crippen MR) is 79.4 cm³/mol. The van der Waals surface area contributed by atoms with Crippen molar-refractivity contribution in [2.24, 2.45) is 5.84 Å². The molecule has 2 aromatic rings. The van der Waals surface area contributed by atoms with Crippen LogP contribution < -0.4 is 11.2 Å². The fourth-order valence-corrected chi connectivity index (χ4v) is 1.75. The van der Waals surface area contributed by atoms with Crippen LogP contribution in [0.4, 0.5) is 0 Å². The van der Waals surface area contributed by atoms with Crippen molar-refractivity contribution in [3.05, 3.63) is 59.3 Å². The van der Waals surface area contributed by atoms with E-state index in [1.54, 1.807) is 11.3 Å². The van der Waals surface area contributed by atoms with E-state index in [1.807, 2.05) is 64.3 Å². The minimum atomic E-state index is 0.986. The fourth-order valence-electron chi connectivity index (χ4n) is 1.29. The molecule has 0 atom stereocenters. The standard InChI is InChI=1S/C6H6.C4H11N3.C4H4S/c1-2-4-6-5-3-1;5-7-3-1-6-2-4-7;1-2-4-5-3-1/h1-6H;6H,1-5H2;1-4H. The van der Waals surface area contributed by atoms with Gasteiger partial charge >= 0.3 is 0 Å². The van der Waals surface area contributed by atoms with Gasteiger partial charge in [0.2, 0.25) is 0 Å². The van der Waals surface area contributed by atoms with Crippen molar-refractivity contribution in [1.82, 2.24) is 10.3 Å². The zero-order valence-corrected chi connectivity index (χ0v) is 11.4. The van der Waals surface area contributed by atoms with E-state index in [-0.39, 0.29) is 0 Å². The summed E-state index contributed by atoms with van der Waals surface area (Å²) in [5, 5.41) is 9.11. The minimum absolute atomic E-state index is 0.986. The molecule has 1 fully saturated rings. The minimum Gasteiger partial charge on any atom is -0.314 e. The maximum atomic E-state index is 5.43. The highest BCUT2D eigenvalue weighted by atomic mass is 32.1. The van der Waals surface area contributed by atoms with Gasteiger partial charge in [-0.3, -0.25) is 5.84 Å². The van der Waals surface area contributed by atoms with E-state index in [9.17, 15) is 0 Å². The molecule has 0 saturated carbocycles. The van der Waals surface area contributed by atoms with Crippen LogP contribution in [-0.4, -0.2) is 31.2 Å². The molecule has 0 amide bonds. The van der Waals surface area contributed by atoms with Crippen molar-refractivity contribution in [1.29, 1.82) is 0 Å². The Balaban J connectivity index is 0.000000137. The molecule has 0 aliphatic carbocycles. The first-order valence-electron chi connectivity index (χ1n) is 6.07. The van der Waals surface area contributed by atoms with Gasteiger partial charge in [0.1, 0.15) is 0 Å². The number of piperazine rings is 1. The second-order valence-electron chi connectivity index (χ2n) is 3.73. The van der Waals surface area contributed by atoms with Crippen LogP contribution in [0.3, 0.4) is 0 Å². The van der Waals surface area contributed by atoms with E-state index in [1.165, 1.54) is 0 Å². The third-order valence-electron chi connectivity index (χ3n) is 2.24. The second kappa shape index (κ2) is 10.9. The SMILES string of the molecule is NN1CCNCC1.c1ccccc1.c1ccsc1. The van der Waals surface area contributed by atoms with Crippen LogP contribution in [0, 0.1) is 0 Å². The average molecular weight is 263 g/mol. The molecule has 1 aliphatic rings. The zero-order chi connectivity index (χ0) is 12.9. The molecule has 1 aromatic carbocycles. The lowest BCUT2D eigenvalue weighted by atomic mass is 10.4.